The minimum atomic E-state index is -0.841. The van der Waals surface area contributed by atoms with Crippen LogP contribution in [0.2, 0.25) is 0 Å². The van der Waals surface area contributed by atoms with Gasteiger partial charge in [0.05, 0.1) is 13.5 Å². The van der Waals surface area contributed by atoms with Crippen molar-refractivity contribution in [2.24, 2.45) is 5.92 Å². The van der Waals surface area contributed by atoms with E-state index in [9.17, 15) is 9.90 Å². The standard InChI is InChI=1S/C13H16O4/c1-17-11-4-2-3-10(14)13(11)9(7-12(15)16)8-5-6-8/h2-4,8-9,14H,5-7H2,1H3,(H,15,16). The number of carbonyl (C=O) groups is 1. The Bertz CT molecular complexity index is 423. The number of phenols is 1. The molecular weight excluding hydrogens is 220 g/mol. The van der Waals surface area contributed by atoms with Crippen molar-refractivity contribution in [3.05, 3.63) is 23.8 Å². The summed E-state index contributed by atoms with van der Waals surface area (Å²) in [7, 11) is 1.53. The van der Waals surface area contributed by atoms with Crippen molar-refractivity contribution in [3.8, 4) is 11.5 Å². The fraction of sp³-hybridized carbons (Fsp3) is 0.462. The third-order valence-electron chi connectivity index (χ3n) is 3.22. The van der Waals surface area contributed by atoms with Crippen LogP contribution in [0.3, 0.4) is 0 Å². The van der Waals surface area contributed by atoms with Crippen molar-refractivity contribution in [2.75, 3.05) is 7.11 Å². The average Bonchev–Trinajstić information content (AvgIpc) is 3.09. The third kappa shape index (κ3) is 2.52. The van der Waals surface area contributed by atoms with Crippen LogP contribution in [-0.2, 0) is 4.79 Å². The van der Waals surface area contributed by atoms with Gasteiger partial charge in [-0.25, -0.2) is 0 Å². The molecule has 92 valence electrons. The number of aromatic hydroxyl groups is 1. The lowest BCUT2D eigenvalue weighted by Gasteiger charge is -2.19. The number of benzene rings is 1. The fourth-order valence-corrected chi connectivity index (χ4v) is 2.27. The van der Waals surface area contributed by atoms with E-state index < -0.39 is 5.97 Å². The van der Waals surface area contributed by atoms with Gasteiger partial charge in [-0.2, -0.15) is 0 Å². The van der Waals surface area contributed by atoms with Gasteiger partial charge >= 0.3 is 5.97 Å². The molecule has 0 aromatic heterocycles. The summed E-state index contributed by atoms with van der Waals surface area (Å²) in [5.74, 6) is 0.0646. The van der Waals surface area contributed by atoms with Crippen molar-refractivity contribution in [3.63, 3.8) is 0 Å². The van der Waals surface area contributed by atoms with E-state index in [0.717, 1.165) is 12.8 Å². The molecule has 1 saturated carbocycles. The number of carboxylic acid groups (broad SMARTS) is 1. The quantitative estimate of drug-likeness (QED) is 0.823. The molecule has 1 aliphatic rings. The predicted molar refractivity (Wildman–Crippen MR) is 62.4 cm³/mol. The van der Waals surface area contributed by atoms with Gasteiger partial charge in [-0.1, -0.05) is 6.07 Å². The third-order valence-corrected chi connectivity index (χ3v) is 3.22. The number of hydrogen-bond acceptors (Lipinski definition) is 3. The van der Waals surface area contributed by atoms with Crippen LogP contribution in [0.5, 0.6) is 11.5 Å². The minimum Gasteiger partial charge on any atom is -0.508 e. The van der Waals surface area contributed by atoms with Gasteiger partial charge in [0.1, 0.15) is 11.5 Å². The molecule has 0 aliphatic heterocycles. The van der Waals surface area contributed by atoms with Crippen molar-refractivity contribution >= 4 is 5.97 Å². The van der Waals surface area contributed by atoms with E-state index in [2.05, 4.69) is 0 Å². The van der Waals surface area contributed by atoms with Crippen LogP contribution in [0, 0.1) is 5.92 Å². The Morgan fingerprint density at radius 3 is 2.76 bits per heavy atom. The Morgan fingerprint density at radius 2 is 2.24 bits per heavy atom. The first kappa shape index (κ1) is 11.8. The normalized spacial score (nSPS) is 16.5. The Morgan fingerprint density at radius 1 is 1.53 bits per heavy atom. The van der Waals surface area contributed by atoms with E-state index in [0.29, 0.717) is 17.2 Å². The van der Waals surface area contributed by atoms with Gasteiger partial charge in [-0.05, 0) is 30.9 Å². The van der Waals surface area contributed by atoms with Gasteiger partial charge in [-0.3, -0.25) is 4.79 Å². The lowest BCUT2D eigenvalue weighted by Crippen LogP contribution is -2.10. The largest absolute Gasteiger partial charge is 0.508 e. The number of methoxy groups -OCH3 is 1. The maximum absolute atomic E-state index is 10.9. The summed E-state index contributed by atoms with van der Waals surface area (Å²) in [4.78, 5) is 10.9. The lowest BCUT2D eigenvalue weighted by molar-refractivity contribution is -0.137. The van der Waals surface area contributed by atoms with E-state index in [-0.39, 0.29) is 18.1 Å². The summed E-state index contributed by atoms with van der Waals surface area (Å²) in [6, 6.07) is 5.03. The highest BCUT2D eigenvalue weighted by molar-refractivity contribution is 5.69. The molecule has 4 nitrogen and oxygen atoms in total. The Kier molecular flexibility index (Phi) is 3.22. The summed E-state index contributed by atoms with van der Waals surface area (Å²) in [6.07, 6.45) is 2.09. The molecule has 2 N–H and O–H groups in total. The number of ether oxygens (including phenoxy) is 1. The zero-order valence-electron chi connectivity index (χ0n) is 9.72. The summed E-state index contributed by atoms with van der Waals surface area (Å²) >= 11 is 0. The molecule has 1 unspecified atom stereocenters. The van der Waals surface area contributed by atoms with E-state index in [4.69, 9.17) is 9.84 Å². The monoisotopic (exact) mass is 236 g/mol. The van der Waals surface area contributed by atoms with Crippen LogP contribution < -0.4 is 4.74 Å². The second-order valence-corrected chi connectivity index (χ2v) is 4.43. The highest BCUT2D eigenvalue weighted by Gasteiger charge is 2.36. The maximum atomic E-state index is 10.9. The van der Waals surface area contributed by atoms with Crippen LogP contribution >= 0.6 is 0 Å². The van der Waals surface area contributed by atoms with Crippen LogP contribution in [0.4, 0.5) is 0 Å². The van der Waals surface area contributed by atoms with Gasteiger partial charge in [-0.15, -0.1) is 0 Å². The zero-order valence-corrected chi connectivity index (χ0v) is 9.72. The van der Waals surface area contributed by atoms with E-state index >= 15 is 0 Å². The van der Waals surface area contributed by atoms with Gasteiger partial charge in [0.2, 0.25) is 0 Å². The first-order valence-corrected chi connectivity index (χ1v) is 5.71. The Balaban J connectivity index is 2.37. The Hall–Kier alpha value is -1.71. The maximum Gasteiger partial charge on any atom is 0.303 e. The summed E-state index contributed by atoms with van der Waals surface area (Å²) in [6.45, 7) is 0. The number of carboxylic acids is 1. The van der Waals surface area contributed by atoms with E-state index in [1.807, 2.05) is 0 Å². The average molecular weight is 236 g/mol. The first-order valence-electron chi connectivity index (χ1n) is 5.71. The van der Waals surface area contributed by atoms with Gasteiger partial charge in [0.15, 0.2) is 0 Å². The van der Waals surface area contributed by atoms with Crippen LogP contribution in [-0.4, -0.2) is 23.3 Å². The summed E-state index contributed by atoms with van der Waals surface area (Å²) in [5.41, 5.74) is 0.639. The van der Waals surface area contributed by atoms with Gasteiger partial charge in [0, 0.05) is 11.5 Å². The second-order valence-electron chi connectivity index (χ2n) is 4.43. The number of phenolic OH excluding ortho intramolecular Hbond substituents is 1. The fourth-order valence-electron chi connectivity index (χ4n) is 2.27. The zero-order chi connectivity index (χ0) is 12.4. The molecule has 1 aromatic rings. The molecular formula is C13H16O4. The smallest absolute Gasteiger partial charge is 0.303 e. The highest BCUT2D eigenvalue weighted by Crippen LogP contribution is 2.49. The molecule has 4 heteroatoms. The molecule has 2 rings (SSSR count). The predicted octanol–water partition coefficient (Wildman–Crippen LogP) is 2.37. The van der Waals surface area contributed by atoms with Crippen LogP contribution in [0.1, 0.15) is 30.7 Å². The number of rotatable bonds is 5. The molecule has 0 amide bonds. The lowest BCUT2D eigenvalue weighted by atomic mass is 9.89. The van der Waals surface area contributed by atoms with Crippen molar-refractivity contribution < 1.29 is 19.7 Å². The molecule has 1 fully saturated rings. The molecule has 0 saturated heterocycles. The molecule has 1 aromatic carbocycles. The number of aliphatic carboxylic acids is 1. The first-order chi connectivity index (χ1) is 8.13. The molecule has 17 heavy (non-hydrogen) atoms. The number of hydrogen-bond donors (Lipinski definition) is 2. The SMILES string of the molecule is COc1cccc(O)c1C(CC(=O)O)C1CC1. The van der Waals surface area contributed by atoms with Crippen molar-refractivity contribution in [2.45, 2.75) is 25.2 Å². The molecule has 0 radical (unpaired) electrons. The summed E-state index contributed by atoms with van der Waals surface area (Å²) in [5, 5.41) is 18.9. The highest BCUT2D eigenvalue weighted by atomic mass is 16.5. The Labute approximate surface area is 99.8 Å². The summed E-state index contributed by atoms with van der Waals surface area (Å²) < 4.78 is 5.21. The molecule has 1 aliphatic carbocycles. The van der Waals surface area contributed by atoms with Crippen molar-refractivity contribution in [1.29, 1.82) is 0 Å². The minimum absolute atomic E-state index is 0.0403. The van der Waals surface area contributed by atoms with Crippen molar-refractivity contribution in [1.82, 2.24) is 0 Å². The van der Waals surface area contributed by atoms with Gasteiger partial charge in [0.25, 0.3) is 0 Å². The molecule has 0 bridgehead atoms. The van der Waals surface area contributed by atoms with Gasteiger partial charge < -0.3 is 14.9 Å². The van der Waals surface area contributed by atoms with Crippen LogP contribution in [0.15, 0.2) is 18.2 Å². The molecule has 1 atom stereocenters. The van der Waals surface area contributed by atoms with Crippen LogP contribution in [0.25, 0.3) is 0 Å². The van der Waals surface area contributed by atoms with E-state index in [1.165, 1.54) is 7.11 Å². The molecule has 0 heterocycles. The van der Waals surface area contributed by atoms with E-state index in [1.54, 1.807) is 18.2 Å². The second kappa shape index (κ2) is 4.65. The topological polar surface area (TPSA) is 66.8 Å². The molecule has 0 spiro atoms.